The first-order chi connectivity index (χ1) is 7.38. The topological polar surface area (TPSA) is 54.7 Å². The summed E-state index contributed by atoms with van der Waals surface area (Å²) in [7, 11) is 0. The molecule has 0 radical (unpaired) electrons. The summed E-state index contributed by atoms with van der Waals surface area (Å²) in [6, 6.07) is 4.13. The maximum Gasteiger partial charge on any atom is 0.147 e. The molecule has 0 aromatic carbocycles. The van der Waals surface area contributed by atoms with Gasteiger partial charge in [-0.15, -0.1) is 11.3 Å². The Balaban J connectivity index is 2.03. The van der Waals surface area contributed by atoms with E-state index in [4.69, 9.17) is 5.73 Å². The molecule has 3 rings (SSSR count). The van der Waals surface area contributed by atoms with Gasteiger partial charge in [-0.1, -0.05) is 6.07 Å². The Morgan fingerprint density at radius 3 is 3.00 bits per heavy atom. The van der Waals surface area contributed by atoms with Crippen molar-refractivity contribution < 1.29 is 0 Å². The van der Waals surface area contributed by atoms with Crippen molar-refractivity contribution in [2.24, 2.45) is 5.73 Å². The summed E-state index contributed by atoms with van der Waals surface area (Å²) in [4.78, 5) is 9.18. The minimum Gasteiger partial charge on any atom is -0.340 e. The molecule has 78 valence electrons. The minimum atomic E-state index is 0.560. The SMILES string of the molecule is NCc1[nH]c(-c2cccs2)nc1C1CC1. The molecule has 1 aliphatic rings. The average molecular weight is 219 g/mol. The number of nitrogens with zero attached hydrogens (tertiary/aromatic N) is 1. The maximum atomic E-state index is 5.72. The molecule has 0 saturated heterocycles. The summed E-state index contributed by atoms with van der Waals surface area (Å²) in [5, 5.41) is 2.07. The van der Waals surface area contributed by atoms with Gasteiger partial charge >= 0.3 is 0 Å². The highest BCUT2D eigenvalue weighted by Gasteiger charge is 2.29. The summed E-state index contributed by atoms with van der Waals surface area (Å²) in [6.07, 6.45) is 2.53. The number of hydrogen-bond acceptors (Lipinski definition) is 3. The fourth-order valence-corrected chi connectivity index (χ4v) is 2.47. The zero-order valence-corrected chi connectivity index (χ0v) is 9.18. The van der Waals surface area contributed by atoms with Gasteiger partial charge in [0.1, 0.15) is 5.82 Å². The Morgan fingerprint density at radius 2 is 2.40 bits per heavy atom. The van der Waals surface area contributed by atoms with Gasteiger partial charge in [-0.05, 0) is 24.3 Å². The van der Waals surface area contributed by atoms with Gasteiger partial charge in [-0.25, -0.2) is 4.98 Å². The minimum absolute atomic E-state index is 0.560. The third-order valence-corrected chi connectivity index (χ3v) is 3.61. The van der Waals surface area contributed by atoms with Crippen LogP contribution in [0.2, 0.25) is 0 Å². The number of rotatable bonds is 3. The quantitative estimate of drug-likeness (QED) is 0.833. The summed E-state index contributed by atoms with van der Waals surface area (Å²) in [5.41, 5.74) is 8.02. The van der Waals surface area contributed by atoms with E-state index in [2.05, 4.69) is 21.4 Å². The zero-order valence-electron chi connectivity index (χ0n) is 8.36. The van der Waals surface area contributed by atoms with Crippen LogP contribution >= 0.6 is 11.3 Å². The highest BCUT2D eigenvalue weighted by atomic mass is 32.1. The summed E-state index contributed by atoms with van der Waals surface area (Å²) in [5.74, 6) is 1.64. The van der Waals surface area contributed by atoms with Gasteiger partial charge in [0.25, 0.3) is 0 Å². The molecule has 0 spiro atoms. The molecule has 0 amide bonds. The number of nitrogens with two attached hydrogens (primary N) is 1. The van der Waals surface area contributed by atoms with Crippen LogP contribution in [0.1, 0.15) is 30.1 Å². The molecule has 0 aliphatic heterocycles. The molecule has 3 nitrogen and oxygen atoms in total. The maximum absolute atomic E-state index is 5.72. The molecule has 0 atom stereocenters. The molecule has 15 heavy (non-hydrogen) atoms. The second kappa shape index (κ2) is 3.47. The first-order valence-corrected chi connectivity index (χ1v) is 6.09. The van der Waals surface area contributed by atoms with Gasteiger partial charge < -0.3 is 10.7 Å². The van der Waals surface area contributed by atoms with Crippen molar-refractivity contribution in [3.63, 3.8) is 0 Å². The summed E-state index contributed by atoms with van der Waals surface area (Å²) < 4.78 is 0. The number of imidazole rings is 1. The van der Waals surface area contributed by atoms with Crippen LogP contribution in [0.25, 0.3) is 10.7 Å². The molecule has 1 fully saturated rings. The molecule has 0 bridgehead atoms. The highest BCUT2D eigenvalue weighted by molar-refractivity contribution is 7.13. The smallest absolute Gasteiger partial charge is 0.147 e. The van der Waals surface area contributed by atoms with Crippen LogP contribution in [-0.4, -0.2) is 9.97 Å². The lowest BCUT2D eigenvalue weighted by molar-refractivity contribution is 0.944. The lowest BCUT2D eigenvalue weighted by Crippen LogP contribution is -1.99. The van der Waals surface area contributed by atoms with Crippen LogP contribution in [-0.2, 0) is 6.54 Å². The lowest BCUT2D eigenvalue weighted by Gasteiger charge is -1.93. The number of nitrogens with one attached hydrogen (secondary N) is 1. The predicted molar refractivity (Wildman–Crippen MR) is 61.8 cm³/mol. The summed E-state index contributed by atoms with van der Waals surface area (Å²) >= 11 is 1.71. The fraction of sp³-hybridized carbons (Fsp3) is 0.364. The molecule has 2 aromatic heterocycles. The third-order valence-electron chi connectivity index (χ3n) is 2.73. The van der Waals surface area contributed by atoms with Gasteiger partial charge in [0.2, 0.25) is 0 Å². The van der Waals surface area contributed by atoms with Crippen molar-refractivity contribution in [3.05, 3.63) is 28.9 Å². The van der Waals surface area contributed by atoms with Crippen LogP contribution in [0.15, 0.2) is 17.5 Å². The zero-order chi connectivity index (χ0) is 10.3. The normalized spacial score (nSPS) is 15.8. The van der Waals surface area contributed by atoms with E-state index in [1.807, 2.05) is 6.07 Å². The number of thiophene rings is 1. The molecule has 1 saturated carbocycles. The third kappa shape index (κ3) is 1.60. The van der Waals surface area contributed by atoms with E-state index in [0.717, 1.165) is 11.5 Å². The van der Waals surface area contributed by atoms with Crippen molar-refractivity contribution in [2.45, 2.75) is 25.3 Å². The summed E-state index contributed by atoms with van der Waals surface area (Å²) in [6.45, 7) is 0.560. The van der Waals surface area contributed by atoms with Crippen molar-refractivity contribution in [2.75, 3.05) is 0 Å². The Labute approximate surface area is 92.4 Å². The molecule has 2 aromatic rings. The lowest BCUT2D eigenvalue weighted by atomic mass is 10.2. The van der Waals surface area contributed by atoms with E-state index in [-0.39, 0.29) is 0 Å². The van der Waals surface area contributed by atoms with E-state index >= 15 is 0 Å². The van der Waals surface area contributed by atoms with Crippen molar-refractivity contribution in [3.8, 4) is 10.7 Å². The fourth-order valence-electron chi connectivity index (χ4n) is 1.80. The monoisotopic (exact) mass is 219 g/mol. The molecule has 1 aliphatic carbocycles. The molecule has 2 heterocycles. The van der Waals surface area contributed by atoms with Gasteiger partial charge in [-0.3, -0.25) is 0 Å². The molecule has 0 unspecified atom stereocenters. The molecular weight excluding hydrogens is 206 g/mol. The first kappa shape index (κ1) is 9.12. The molecule has 4 heteroatoms. The number of aromatic nitrogens is 2. The van der Waals surface area contributed by atoms with Crippen LogP contribution < -0.4 is 5.73 Å². The van der Waals surface area contributed by atoms with Crippen LogP contribution in [0.5, 0.6) is 0 Å². The van der Waals surface area contributed by atoms with Gasteiger partial charge in [0.05, 0.1) is 16.3 Å². The van der Waals surface area contributed by atoms with E-state index in [9.17, 15) is 0 Å². The average Bonchev–Trinajstić information content (AvgIpc) is 2.83. The van der Waals surface area contributed by atoms with Crippen molar-refractivity contribution in [1.29, 1.82) is 0 Å². The Bertz CT molecular complexity index is 454. The molecular formula is C11H13N3S. The van der Waals surface area contributed by atoms with Crippen LogP contribution in [0.3, 0.4) is 0 Å². The van der Waals surface area contributed by atoms with Gasteiger partial charge in [0.15, 0.2) is 0 Å². The Kier molecular flexibility index (Phi) is 2.11. The van der Waals surface area contributed by atoms with Crippen molar-refractivity contribution in [1.82, 2.24) is 9.97 Å². The largest absolute Gasteiger partial charge is 0.340 e. The second-order valence-electron chi connectivity index (χ2n) is 3.90. The molecule has 3 N–H and O–H groups in total. The van der Waals surface area contributed by atoms with Crippen LogP contribution in [0.4, 0.5) is 0 Å². The van der Waals surface area contributed by atoms with E-state index in [0.29, 0.717) is 12.5 Å². The Morgan fingerprint density at radius 1 is 1.53 bits per heavy atom. The standard InChI is InChI=1S/C11H13N3S/c12-6-8-10(7-3-4-7)14-11(13-8)9-2-1-5-15-9/h1-2,5,7H,3-4,6,12H2,(H,13,14). The van der Waals surface area contributed by atoms with Crippen LogP contribution in [0, 0.1) is 0 Å². The van der Waals surface area contributed by atoms with Crippen molar-refractivity contribution >= 4 is 11.3 Å². The highest BCUT2D eigenvalue weighted by Crippen LogP contribution is 2.41. The van der Waals surface area contributed by atoms with E-state index < -0.39 is 0 Å². The number of hydrogen-bond donors (Lipinski definition) is 2. The van der Waals surface area contributed by atoms with E-state index in [1.54, 1.807) is 11.3 Å². The Hall–Kier alpha value is -1.13. The number of H-pyrrole nitrogens is 1. The first-order valence-electron chi connectivity index (χ1n) is 5.21. The van der Waals surface area contributed by atoms with E-state index in [1.165, 1.54) is 23.4 Å². The van der Waals surface area contributed by atoms with Gasteiger partial charge in [-0.2, -0.15) is 0 Å². The second-order valence-corrected chi connectivity index (χ2v) is 4.85. The predicted octanol–water partition coefficient (Wildman–Crippen LogP) is 2.47. The number of aromatic amines is 1. The van der Waals surface area contributed by atoms with Gasteiger partial charge in [0, 0.05) is 12.5 Å².